The van der Waals surface area contributed by atoms with Crippen LogP contribution in [0.3, 0.4) is 0 Å². The number of carboxylic acid groups (broad SMARTS) is 1. The Labute approximate surface area is 158 Å². The van der Waals surface area contributed by atoms with Crippen LogP contribution in [0.1, 0.15) is 37.3 Å². The summed E-state index contributed by atoms with van der Waals surface area (Å²) >= 11 is 0. The fourth-order valence-electron chi connectivity index (χ4n) is 3.38. The highest BCUT2D eigenvalue weighted by Gasteiger charge is 2.18. The smallest absolute Gasteiger partial charge is 0.307 e. The van der Waals surface area contributed by atoms with Crippen LogP contribution in [0.2, 0.25) is 0 Å². The van der Waals surface area contributed by atoms with Crippen LogP contribution in [-0.4, -0.2) is 30.3 Å². The monoisotopic (exact) mass is 367 g/mol. The zero-order valence-electron chi connectivity index (χ0n) is 16.1. The average molecular weight is 367 g/mol. The molecule has 27 heavy (non-hydrogen) atoms. The summed E-state index contributed by atoms with van der Waals surface area (Å²) in [6.45, 7) is 4.33. The Kier molecular flexibility index (Phi) is 5.40. The first-order valence-corrected chi connectivity index (χ1v) is 9.07. The lowest BCUT2D eigenvalue weighted by atomic mass is 9.95. The van der Waals surface area contributed by atoms with Gasteiger partial charge in [-0.25, -0.2) is 0 Å². The highest BCUT2D eigenvalue weighted by molar-refractivity contribution is 5.94. The van der Waals surface area contributed by atoms with Crippen molar-refractivity contribution in [1.29, 1.82) is 0 Å². The molecule has 0 amide bonds. The van der Waals surface area contributed by atoms with E-state index in [1.807, 2.05) is 24.3 Å². The zero-order chi connectivity index (χ0) is 19.6. The third-order valence-corrected chi connectivity index (χ3v) is 5.11. The molecule has 1 aromatic heterocycles. The van der Waals surface area contributed by atoms with Crippen molar-refractivity contribution >= 4 is 16.9 Å². The molecule has 5 nitrogen and oxygen atoms in total. The van der Waals surface area contributed by atoms with E-state index in [1.165, 1.54) is 5.56 Å². The molecule has 0 spiro atoms. The van der Waals surface area contributed by atoms with Crippen molar-refractivity contribution in [1.82, 2.24) is 4.98 Å². The highest BCUT2D eigenvalue weighted by atomic mass is 16.5. The van der Waals surface area contributed by atoms with Crippen LogP contribution in [0.15, 0.2) is 36.4 Å². The average Bonchev–Trinajstić information content (AvgIpc) is 3.03. The lowest BCUT2D eigenvalue weighted by Gasteiger charge is -2.10. The van der Waals surface area contributed by atoms with Gasteiger partial charge in [-0.15, -0.1) is 0 Å². The molecule has 0 bridgehead atoms. The Morgan fingerprint density at radius 3 is 2.48 bits per heavy atom. The number of aromatic amines is 1. The van der Waals surface area contributed by atoms with Gasteiger partial charge in [0.2, 0.25) is 0 Å². The van der Waals surface area contributed by atoms with E-state index in [-0.39, 0.29) is 6.42 Å². The number of aromatic nitrogens is 1. The van der Waals surface area contributed by atoms with Crippen LogP contribution in [0.25, 0.3) is 22.2 Å². The van der Waals surface area contributed by atoms with Crippen LogP contribution >= 0.6 is 0 Å². The molecule has 1 unspecified atom stereocenters. The molecule has 0 aliphatic rings. The number of rotatable bonds is 7. The van der Waals surface area contributed by atoms with Crippen molar-refractivity contribution < 1.29 is 19.4 Å². The van der Waals surface area contributed by atoms with Crippen molar-refractivity contribution in [2.24, 2.45) is 0 Å². The number of ether oxygens (including phenoxy) is 2. The Hall–Kier alpha value is -2.95. The van der Waals surface area contributed by atoms with Gasteiger partial charge in [-0.1, -0.05) is 19.9 Å². The molecule has 0 fully saturated rings. The molecule has 2 N–H and O–H groups in total. The quantitative estimate of drug-likeness (QED) is 0.617. The van der Waals surface area contributed by atoms with E-state index >= 15 is 0 Å². The van der Waals surface area contributed by atoms with Crippen molar-refractivity contribution in [2.45, 2.75) is 32.6 Å². The van der Waals surface area contributed by atoms with E-state index in [0.717, 1.165) is 34.1 Å². The van der Waals surface area contributed by atoms with Crippen LogP contribution in [-0.2, 0) is 11.2 Å². The lowest BCUT2D eigenvalue weighted by molar-refractivity contribution is -0.136. The first-order valence-electron chi connectivity index (χ1n) is 9.07. The third-order valence-electron chi connectivity index (χ3n) is 5.11. The number of benzene rings is 2. The van der Waals surface area contributed by atoms with Crippen LogP contribution in [0, 0.1) is 0 Å². The summed E-state index contributed by atoms with van der Waals surface area (Å²) in [6, 6.07) is 11.9. The van der Waals surface area contributed by atoms with E-state index in [4.69, 9.17) is 9.47 Å². The van der Waals surface area contributed by atoms with Gasteiger partial charge in [0.15, 0.2) is 11.5 Å². The van der Waals surface area contributed by atoms with Gasteiger partial charge in [-0.05, 0) is 53.8 Å². The van der Waals surface area contributed by atoms with Crippen LogP contribution in [0.5, 0.6) is 11.5 Å². The number of carbonyl (C=O) groups is 1. The second-order valence-electron chi connectivity index (χ2n) is 6.73. The maximum absolute atomic E-state index is 11.5. The minimum Gasteiger partial charge on any atom is -0.493 e. The normalized spacial score (nSPS) is 12.1. The van der Waals surface area contributed by atoms with Crippen molar-refractivity contribution in [3.63, 3.8) is 0 Å². The Morgan fingerprint density at radius 2 is 1.85 bits per heavy atom. The molecule has 2 aromatic carbocycles. The van der Waals surface area contributed by atoms with Gasteiger partial charge in [0.25, 0.3) is 0 Å². The number of nitrogens with one attached hydrogen (secondary N) is 1. The van der Waals surface area contributed by atoms with Gasteiger partial charge in [0, 0.05) is 16.5 Å². The minimum atomic E-state index is -0.855. The SMILES string of the molecule is CCC(C)c1ccc2[nH]c(-c3ccc(OC)c(OC)c3)c(CC(=O)O)c2c1. The summed E-state index contributed by atoms with van der Waals surface area (Å²) in [5.74, 6) is 0.810. The zero-order valence-corrected chi connectivity index (χ0v) is 16.1. The van der Waals surface area contributed by atoms with E-state index in [0.29, 0.717) is 17.4 Å². The van der Waals surface area contributed by atoms with Gasteiger partial charge in [0.1, 0.15) is 0 Å². The molecule has 0 aliphatic carbocycles. The molecule has 1 heterocycles. The van der Waals surface area contributed by atoms with E-state index in [1.54, 1.807) is 14.2 Å². The van der Waals surface area contributed by atoms with E-state index < -0.39 is 5.97 Å². The fraction of sp³-hybridized carbons (Fsp3) is 0.318. The fourth-order valence-corrected chi connectivity index (χ4v) is 3.38. The predicted molar refractivity (Wildman–Crippen MR) is 107 cm³/mol. The molecule has 0 saturated carbocycles. The van der Waals surface area contributed by atoms with Crippen molar-refractivity contribution in [3.05, 3.63) is 47.5 Å². The molecule has 3 aromatic rings. The lowest BCUT2D eigenvalue weighted by Crippen LogP contribution is -2.01. The summed E-state index contributed by atoms with van der Waals surface area (Å²) in [7, 11) is 3.18. The molecular weight excluding hydrogens is 342 g/mol. The standard InChI is InChI=1S/C22H25NO4/c1-5-13(2)14-6-8-18-16(10-14)17(12-21(24)25)22(23-18)15-7-9-19(26-3)20(11-15)27-4/h6-11,13,23H,5,12H2,1-4H3,(H,24,25). The Bertz CT molecular complexity index is 974. The van der Waals surface area contributed by atoms with Gasteiger partial charge >= 0.3 is 5.97 Å². The van der Waals surface area contributed by atoms with Crippen LogP contribution < -0.4 is 9.47 Å². The molecule has 0 aliphatic heterocycles. The summed E-state index contributed by atoms with van der Waals surface area (Å²) in [5, 5.41) is 10.4. The van der Waals surface area contributed by atoms with E-state index in [2.05, 4.69) is 31.0 Å². The first-order chi connectivity index (χ1) is 13.0. The molecule has 142 valence electrons. The molecule has 5 heteroatoms. The third kappa shape index (κ3) is 3.63. The number of fused-ring (bicyclic) bond motifs is 1. The number of hydrogen-bond donors (Lipinski definition) is 2. The number of hydrogen-bond acceptors (Lipinski definition) is 3. The molecule has 0 radical (unpaired) electrons. The summed E-state index contributed by atoms with van der Waals surface area (Å²) in [4.78, 5) is 14.9. The molecular formula is C22H25NO4. The predicted octanol–water partition coefficient (Wildman–Crippen LogP) is 4.99. The molecule has 3 rings (SSSR count). The second-order valence-corrected chi connectivity index (χ2v) is 6.73. The van der Waals surface area contributed by atoms with Gasteiger partial charge in [0.05, 0.1) is 26.3 Å². The molecule has 1 atom stereocenters. The number of H-pyrrole nitrogens is 1. The minimum absolute atomic E-state index is 0.0480. The number of carboxylic acids is 1. The largest absolute Gasteiger partial charge is 0.493 e. The van der Waals surface area contributed by atoms with Crippen LogP contribution in [0.4, 0.5) is 0 Å². The maximum Gasteiger partial charge on any atom is 0.307 e. The summed E-state index contributed by atoms with van der Waals surface area (Å²) in [5.41, 5.74) is 4.60. The Morgan fingerprint density at radius 1 is 1.11 bits per heavy atom. The topological polar surface area (TPSA) is 71.5 Å². The number of aliphatic carboxylic acids is 1. The summed E-state index contributed by atoms with van der Waals surface area (Å²) in [6.07, 6.45) is 0.986. The van der Waals surface area contributed by atoms with Gasteiger partial charge < -0.3 is 19.6 Å². The maximum atomic E-state index is 11.5. The second kappa shape index (κ2) is 7.74. The number of methoxy groups -OCH3 is 2. The first kappa shape index (κ1) is 18.8. The summed E-state index contributed by atoms with van der Waals surface area (Å²) < 4.78 is 10.7. The van der Waals surface area contributed by atoms with Gasteiger partial charge in [-0.3, -0.25) is 4.79 Å². The van der Waals surface area contributed by atoms with E-state index in [9.17, 15) is 9.90 Å². The highest BCUT2D eigenvalue weighted by Crippen LogP contribution is 2.37. The molecule has 0 saturated heterocycles. The van der Waals surface area contributed by atoms with Gasteiger partial charge in [-0.2, -0.15) is 0 Å². The Balaban J connectivity index is 2.21. The van der Waals surface area contributed by atoms with Crippen molar-refractivity contribution in [3.8, 4) is 22.8 Å². The van der Waals surface area contributed by atoms with Crippen molar-refractivity contribution in [2.75, 3.05) is 14.2 Å².